The zero-order valence-corrected chi connectivity index (χ0v) is 14.2. The van der Waals surface area contributed by atoms with Crippen molar-refractivity contribution in [3.63, 3.8) is 0 Å². The first-order chi connectivity index (χ1) is 9.98. The number of thiophene rings is 1. The number of rotatable bonds is 2. The number of carboxylic acid groups (broad SMARTS) is 1. The molecule has 2 N–H and O–H groups in total. The predicted molar refractivity (Wildman–Crippen MR) is 83.7 cm³/mol. The van der Waals surface area contributed by atoms with Gasteiger partial charge < -0.3 is 14.6 Å². The minimum absolute atomic E-state index is 0.141. The summed E-state index contributed by atoms with van der Waals surface area (Å²) in [6.07, 6.45) is -0.162. The van der Waals surface area contributed by atoms with Crippen molar-refractivity contribution in [2.24, 2.45) is 0 Å². The third kappa shape index (κ3) is 3.78. The summed E-state index contributed by atoms with van der Waals surface area (Å²) in [5.41, 5.74) is -0.182. The average molecular weight is 327 g/mol. The number of fused-ring (bicyclic) bond motifs is 1. The van der Waals surface area contributed by atoms with Crippen molar-refractivity contribution in [2.75, 3.05) is 5.32 Å². The normalized spacial score (nSPS) is 16.8. The van der Waals surface area contributed by atoms with Crippen LogP contribution < -0.4 is 5.32 Å². The molecule has 0 unspecified atom stereocenters. The number of hydrogen-bond acceptors (Lipinski definition) is 5. The second-order valence-electron chi connectivity index (χ2n) is 6.87. The van der Waals surface area contributed by atoms with Crippen molar-refractivity contribution in [3.05, 3.63) is 16.0 Å². The molecule has 6 nitrogen and oxygen atoms in total. The van der Waals surface area contributed by atoms with Crippen LogP contribution in [0.15, 0.2) is 0 Å². The van der Waals surface area contributed by atoms with E-state index in [1.165, 1.54) is 11.3 Å². The van der Waals surface area contributed by atoms with Crippen molar-refractivity contribution in [3.8, 4) is 0 Å². The monoisotopic (exact) mass is 327 g/mol. The summed E-state index contributed by atoms with van der Waals surface area (Å²) >= 11 is 1.23. The van der Waals surface area contributed by atoms with E-state index in [-0.39, 0.29) is 5.56 Å². The number of carbonyl (C=O) groups excluding carboxylic acids is 1. The maximum atomic E-state index is 11.9. The lowest BCUT2D eigenvalue weighted by atomic mass is 9.93. The molecule has 0 spiro atoms. The van der Waals surface area contributed by atoms with Crippen LogP contribution in [0.25, 0.3) is 0 Å². The van der Waals surface area contributed by atoms with Gasteiger partial charge in [0.1, 0.15) is 10.6 Å². The highest BCUT2D eigenvalue weighted by molar-refractivity contribution is 7.16. The molecule has 1 aromatic rings. The van der Waals surface area contributed by atoms with E-state index in [1.54, 1.807) is 20.8 Å². The maximum Gasteiger partial charge on any atom is 0.412 e. The Kier molecular flexibility index (Phi) is 4.23. The van der Waals surface area contributed by atoms with Crippen LogP contribution in [0.2, 0.25) is 0 Å². The maximum absolute atomic E-state index is 11.9. The molecule has 0 atom stereocenters. The first-order valence-corrected chi connectivity index (χ1v) is 7.82. The van der Waals surface area contributed by atoms with Gasteiger partial charge in [0.2, 0.25) is 0 Å². The van der Waals surface area contributed by atoms with Crippen molar-refractivity contribution in [1.29, 1.82) is 0 Å². The molecule has 1 aliphatic heterocycles. The molecule has 0 aromatic carbocycles. The van der Waals surface area contributed by atoms with Crippen LogP contribution in [-0.4, -0.2) is 28.4 Å². The zero-order chi connectivity index (χ0) is 16.7. The Morgan fingerprint density at radius 1 is 1.36 bits per heavy atom. The molecular formula is C15H21NO5S. The average Bonchev–Trinajstić information content (AvgIpc) is 2.61. The second-order valence-corrected chi connectivity index (χ2v) is 7.97. The van der Waals surface area contributed by atoms with E-state index in [9.17, 15) is 14.7 Å². The van der Waals surface area contributed by atoms with Crippen LogP contribution in [0.5, 0.6) is 0 Å². The molecule has 1 aromatic heterocycles. The SMILES string of the molecule is CC(C)(C)OC(=O)Nc1sc2c(c1C(=O)O)CC(C)(C)OC2. The lowest BCUT2D eigenvalue weighted by Crippen LogP contribution is -2.32. The Hall–Kier alpha value is -1.60. The molecule has 0 aliphatic carbocycles. The molecule has 2 heterocycles. The highest BCUT2D eigenvalue weighted by atomic mass is 32.1. The standard InChI is InChI=1S/C15H21NO5S/c1-14(2,3)21-13(19)16-11-10(12(17)18)8-6-15(4,5)20-7-9(8)22-11/h6-7H2,1-5H3,(H,16,19)(H,17,18). The lowest BCUT2D eigenvalue weighted by Gasteiger charge is -2.30. The molecule has 0 radical (unpaired) electrons. The Labute approximate surface area is 133 Å². The molecule has 0 saturated carbocycles. The third-order valence-electron chi connectivity index (χ3n) is 3.12. The summed E-state index contributed by atoms with van der Waals surface area (Å²) in [6, 6.07) is 0. The van der Waals surface area contributed by atoms with Crippen LogP contribution in [0, 0.1) is 0 Å². The van der Waals surface area contributed by atoms with Gasteiger partial charge in [-0.15, -0.1) is 11.3 Å². The van der Waals surface area contributed by atoms with Crippen LogP contribution in [0.1, 0.15) is 55.4 Å². The number of aromatic carboxylic acids is 1. The summed E-state index contributed by atoms with van der Waals surface area (Å²) in [6.45, 7) is 9.44. The van der Waals surface area contributed by atoms with E-state index in [4.69, 9.17) is 9.47 Å². The molecular weight excluding hydrogens is 306 g/mol. The number of hydrogen-bond donors (Lipinski definition) is 2. The van der Waals surface area contributed by atoms with Crippen LogP contribution in [0.4, 0.5) is 9.80 Å². The predicted octanol–water partition coefficient (Wildman–Crippen LogP) is 3.64. The molecule has 0 bridgehead atoms. The van der Waals surface area contributed by atoms with E-state index in [1.807, 2.05) is 13.8 Å². The van der Waals surface area contributed by atoms with E-state index in [0.29, 0.717) is 18.0 Å². The van der Waals surface area contributed by atoms with Crippen LogP contribution in [0.3, 0.4) is 0 Å². The summed E-state index contributed by atoms with van der Waals surface area (Å²) in [7, 11) is 0. The van der Waals surface area contributed by atoms with Gasteiger partial charge in [-0.1, -0.05) is 0 Å². The lowest BCUT2D eigenvalue weighted by molar-refractivity contribution is -0.0384. The van der Waals surface area contributed by atoms with Gasteiger partial charge in [-0.3, -0.25) is 5.32 Å². The Balaban J connectivity index is 2.31. The fraction of sp³-hybridized carbons (Fsp3) is 0.600. The smallest absolute Gasteiger partial charge is 0.412 e. The van der Waals surface area contributed by atoms with E-state index < -0.39 is 23.3 Å². The van der Waals surface area contributed by atoms with Gasteiger partial charge in [-0.2, -0.15) is 0 Å². The Morgan fingerprint density at radius 2 is 2.00 bits per heavy atom. The summed E-state index contributed by atoms with van der Waals surface area (Å²) in [5, 5.41) is 12.4. The fourth-order valence-electron chi connectivity index (χ4n) is 2.26. The number of carbonyl (C=O) groups is 2. The number of nitrogens with one attached hydrogen (secondary N) is 1. The minimum atomic E-state index is -1.05. The largest absolute Gasteiger partial charge is 0.478 e. The highest BCUT2D eigenvalue weighted by Gasteiger charge is 2.34. The topological polar surface area (TPSA) is 84.9 Å². The van der Waals surface area contributed by atoms with Crippen LogP contribution in [-0.2, 0) is 22.5 Å². The van der Waals surface area contributed by atoms with Crippen molar-refractivity contribution in [1.82, 2.24) is 0 Å². The van der Waals surface area contributed by atoms with Gasteiger partial charge in [0.05, 0.1) is 17.8 Å². The minimum Gasteiger partial charge on any atom is -0.478 e. The van der Waals surface area contributed by atoms with Gasteiger partial charge in [0.25, 0.3) is 0 Å². The Bertz CT molecular complexity index is 612. The quantitative estimate of drug-likeness (QED) is 0.866. The molecule has 22 heavy (non-hydrogen) atoms. The summed E-state index contributed by atoms with van der Waals surface area (Å²) in [5.74, 6) is -1.05. The molecule has 122 valence electrons. The van der Waals surface area contributed by atoms with Crippen molar-refractivity contribution in [2.45, 2.75) is 58.8 Å². The molecule has 1 amide bonds. The fourth-order valence-corrected chi connectivity index (χ4v) is 3.37. The number of anilines is 1. The van der Waals surface area contributed by atoms with E-state index in [0.717, 1.165) is 10.4 Å². The Morgan fingerprint density at radius 3 is 2.55 bits per heavy atom. The summed E-state index contributed by atoms with van der Waals surface area (Å²) in [4.78, 5) is 24.3. The molecule has 0 fully saturated rings. The summed E-state index contributed by atoms with van der Waals surface area (Å²) < 4.78 is 10.9. The van der Waals surface area contributed by atoms with Gasteiger partial charge in [-0.05, 0) is 40.2 Å². The van der Waals surface area contributed by atoms with Gasteiger partial charge in [-0.25, -0.2) is 9.59 Å². The zero-order valence-electron chi connectivity index (χ0n) is 13.4. The van der Waals surface area contributed by atoms with E-state index >= 15 is 0 Å². The molecule has 7 heteroatoms. The van der Waals surface area contributed by atoms with Gasteiger partial charge in [0.15, 0.2) is 0 Å². The second kappa shape index (κ2) is 5.55. The first kappa shape index (κ1) is 16.8. The number of amides is 1. The van der Waals surface area contributed by atoms with Crippen molar-refractivity contribution >= 4 is 28.4 Å². The van der Waals surface area contributed by atoms with Crippen LogP contribution >= 0.6 is 11.3 Å². The molecule has 2 rings (SSSR count). The molecule has 0 saturated heterocycles. The van der Waals surface area contributed by atoms with Gasteiger partial charge >= 0.3 is 12.1 Å². The van der Waals surface area contributed by atoms with Gasteiger partial charge in [0, 0.05) is 11.3 Å². The van der Waals surface area contributed by atoms with E-state index in [2.05, 4.69) is 5.32 Å². The number of ether oxygens (including phenoxy) is 2. The highest BCUT2D eigenvalue weighted by Crippen LogP contribution is 2.40. The first-order valence-electron chi connectivity index (χ1n) is 7.00. The molecule has 1 aliphatic rings. The third-order valence-corrected chi connectivity index (χ3v) is 4.24. The van der Waals surface area contributed by atoms with Crippen molar-refractivity contribution < 1.29 is 24.2 Å². The number of carboxylic acids is 1.